The van der Waals surface area contributed by atoms with E-state index in [0.29, 0.717) is 28.0 Å². The van der Waals surface area contributed by atoms with Crippen molar-refractivity contribution in [2.24, 2.45) is 0 Å². The summed E-state index contributed by atoms with van der Waals surface area (Å²) in [6.45, 7) is 0. The predicted octanol–water partition coefficient (Wildman–Crippen LogP) is 4.11. The van der Waals surface area contributed by atoms with Crippen molar-refractivity contribution in [3.8, 4) is 11.5 Å². The molecule has 7 heteroatoms. The summed E-state index contributed by atoms with van der Waals surface area (Å²) in [5, 5.41) is 9.75. The van der Waals surface area contributed by atoms with Gasteiger partial charge in [0.2, 0.25) is 0 Å². The minimum absolute atomic E-state index is 0.0794. The molecule has 138 valence electrons. The third-order valence-electron chi connectivity index (χ3n) is 4.07. The number of H-pyrrole nitrogens is 1. The summed E-state index contributed by atoms with van der Waals surface area (Å²) in [6.07, 6.45) is 0. The first kappa shape index (κ1) is 17.4. The Kier molecular flexibility index (Phi) is 4.55. The van der Waals surface area contributed by atoms with Gasteiger partial charge in [-0.2, -0.15) is 5.10 Å². The third-order valence-corrected chi connectivity index (χ3v) is 4.07. The van der Waals surface area contributed by atoms with Gasteiger partial charge in [-0.1, -0.05) is 36.4 Å². The van der Waals surface area contributed by atoms with E-state index < -0.39 is 11.7 Å². The second-order valence-electron chi connectivity index (χ2n) is 5.96. The Balaban J connectivity index is 1.66. The van der Waals surface area contributed by atoms with Crippen LogP contribution in [0, 0.1) is 5.82 Å². The standard InChI is InChI=1S/C21H14FN3O3/c22-13-6-5-7-14(12-13)28-18-11-4-3-10-17(18)23-21(27)19-15-8-1-2-9-16(15)20(26)25-24-19/h1-12H,(H,23,27)(H,25,26). The summed E-state index contributed by atoms with van der Waals surface area (Å²) in [6, 6.07) is 19.2. The highest BCUT2D eigenvalue weighted by molar-refractivity contribution is 6.11. The molecule has 0 saturated carbocycles. The molecule has 4 rings (SSSR count). The number of ether oxygens (including phenoxy) is 1. The van der Waals surface area contributed by atoms with Crippen molar-refractivity contribution in [2.75, 3.05) is 5.32 Å². The van der Waals surface area contributed by atoms with Gasteiger partial charge >= 0.3 is 0 Å². The van der Waals surface area contributed by atoms with Crippen molar-refractivity contribution in [3.05, 3.63) is 94.7 Å². The number of amides is 1. The van der Waals surface area contributed by atoms with Crippen LogP contribution in [0.25, 0.3) is 10.8 Å². The van der Waals surface area contributed by atoms with E-state index >= 15 is 0 Å². The van der Waals surface area contributed by atoms with Crippen LogP contribution in [0.5, 0.6) is 11.5 Å². The summed E-state index contributed by atoms with van der Waals surface area (Å²) < 4.78 is 19.1. The molecular formula is C21H14FN3O3. The number of nitrogens with one attached hydrogen (secondary N) is 2. The maximum absolute atomic E-state index is 13.4. The molecule has 28 heavy (non-hydrogen) atoms. The highest BCUT2D eigenvalue weighted by atomic mass is 19.1. The van der Waals surface area contributed by atoms with Crippen LogP contribution in [0.2, 0.25) is 0 Å². The van der Waals surface area contributed by atoms with Crippen LogP contribution in [0.4, 0.5) is 10.1 Å². The highest BCUT2D eigenvalue weighted by Gasteiger charge is 2.16. The number of nitrogens with zero attached hydrogens (tertiary/aromatic N) is 1. The number of benzene rings is 3. The minimum Gasteiger partial charge on any atom is -0.455 e. The number of rotatable bonds is 4. The monoisotopic (exact) mass is 375 g/mol. The third kappa shape index (κ3) is 3.45. The normalized spacial score (nSPS) is 10.6. The quantitative estimate of drug-likeness (QED) is 0.562. The van der Waals surface area contributed by atoms with Crippen molar-refractivity contribution in [1.82, 2.24) is 10.2 Å². The van der Waals surface area contributed by atoms with E-state index in [-0.39, 0.29) is 11.3 Å². The van der Waals surface area contributed by atoms with Gasteiger partial charge in [0, 0.05) is 11.5 Å². The topological polar surface area (TPSA) is 84.1 Å². The molecule has 0 fully saturated rings. The van der Waals surface area contributed by atoms with Crippen molar-refractivity contribution in [3.63, 3.8) is 0 Å². The lowest BCUT2D eigenvalue weighted by Crippen LogP contribution is -2.19. The van der Waals surface area contributed by atoms with Gasteiger partial charge in [0.1, 0.15) is 11.6 Å². The second kappa shape index (κ2) is 7.32. The van der Waals surface area contributed by atoms with Gasteiger partial charge in [-0.25, -0.2) is 9.49 Å². The first-order chi connectivity index (χ1) is 13.6. The van der Waals surface area contributed by atoms with Crippen LogP contribution in [0.15, 0.2) is 77.6 Å². The predicted molar refractivity (Wildman–Crippen MR) is 103 cm³/mol. The molecule has 1 aromatic heterocycles. The molecule has 0 aliphatic carbocycles. The van der Waals surface area contributed by atoms with Gasteiger partial charge in [-0.3, -0.25) is 9.59 Å². The maximum atomic E-state index is 13.4. The SMILES string of the molecule is O=C(Nc1ccccc1Oc1cccc(F)c1)c1n[nH]c(=O)c2ccccc12. The van der Waals surface area contributed by atoms with Gasteiger partial charge in [0.15, 0.2) is 11.4 Å². The number of aromatic amines is 1. The van der Waals surface area contributed by atoms with Crippen LogP contribution in [0.3, 0.4) is 0 Å². The summed E-state index contributed by atoms with van der Waals surface area (Å²) in [5.41, 5.74) is 0.0894. The largest absolute Gasteiger partial charge is 0.455 e. The molecule has 0 unspecified atom stereocenters. The lowest BCUT2D eigenvalue weighted by atomic mass is 10.1. The van der Waals surface area contributed by atoms with E-state index in [1.165, 1.54) is 18.2 Å². The van der Waals surface area contributed by atoms with Crippen LogP contribution in [0.1, 0.15) is 10.5 Å². The summed E-state index contributed by atoms with van der Waals surface area (Å²) in [4.78, 5) is 24.7. The molecule has 1 heterocycles. The molecule has 0 atom stereocenters. The van der Waals surface area contributed by atoms with Gasteiger partial charge in [-0.05, 0) is 30.3 Å². The van der Waals surface area contributed by atoms with Gasteiger partial charge in [-0.15, -0.1) is 0 Å². The van der Waals surface area contributed by atoms with Crippen molar-refractivity contribution < 1.29 is 13.9 Å². The molecule has 0 bridgehead atoms. The van der Waals surface area contributed by atoms with Gasteiger partial charge < -0.3 is 10.1 Å². The van der Waals surface area contributed by atoms with E-state index in [2.05, 4.69) is 15.5 Å². The van der Waals surface area contributed by atoms with Crippen LogP contribution in [-0.2, 0) is 0 Å². The first-order valence-corrected chi connectivity index (χ1v) is 8.43. The molecule has 0 radical (unpaired) electrons. The highest BCUT2D eigenvalue weighted by Crippen LogP contribution is 2.30. The first-order valence-electron chi connectivity index (χ1n) is 8.43. The van der Waals surface area contributed by atoms with Crippen LogP contribution < -0.4 is 15.6 Å². The Morgan fingerprint density at radius 3 is 2.54 bits per heavy atom. The fourth-order valence-electron chi connectivity index (χ4n) is 2.79. The Labute approximate surface area is 158 Å². The fraction of sp³-hybridized carbons (Fsp3) is 0. The molecular weight excluding hydrogens is 361 g/mol. The summed E-state index contributed by atoms with van der Waals surface area (Å²) in [7, 11) is 0. The molecule has 3 aromatic carbocycles. The Morgan fingerprint density at radius 1 is 0.964 bits per heavy atom. The summed E-state index contributed by atoms with van der Waals surface area (Å²) >= 11 is 0. The molecule has 0 spiro atoms. The number of aromatic nitrogens is 2. The van der Waals surface area contributed by atoms with Crippen molar-refractivity contribution in [1.29, 1.82) is 0 Å². The average Bonchev–Trinajstić information content (AvgIpc) is 2.70. The molecule has 4 aromatic rings. The molecule has 2 N–H and O–H groups in total. The van der Waals surface area contributed by atoms with Crippen molar-refractivity contribution >= 4 is 22.4 Å². The lowest BCUT2D eigenvalue weighted by Gasteiger charge is -2.12. The molecule has 0 aliphatic heterocycles. The number of anilines is 1. The van der Waals surface area contributed by atoms with E-state index in [9.17, 15) is 14.0 Å². The maximum Gasteiger partial charge on any atom is 0.276 e. The smallest absolute Gasteiger partial charge is 0.276 e. The second-order valence-corrected chi connectivity index (χ2v) is 5.96. The zero-order chi connectivity index (χ0) is 19.5. The van der Waals surface area contributed by atoms with Gasteiger partial charge in [0.25, 0.3) is 11.5 Å². The molecule has 1 amide bonds. The van der Waals surface area contributed by atoms with E-state index in [4.69, 9.17) is 4.74 Å². The van der Waals surface area contributed by atoms with E-state index in [0.717, 1.165) is 0 Å². The molecule has 6 nitrogen and oxygen atoms in total. The van der Waals surface area contributed by atoms with E-state index in [1.54, 1.807) is 54.6 Å². The van der Waals surface area contributed by atoms with Crippen LogP contribution >= 0.6 is 0 Å². The van der Waals surface area contributed by atoms with Gasteiger partial charge in [0.05, 0.1) is 11.1 Å². The Morgan fingerprint density at radius 2 is 1.71 bits per heavy atom. The van der Waals surface area contributed by atoms with E-state index in [1.807, 2.05) is 0 Å². The lowest BCUT2D eigenvalue weighted by molar-refractivity contribution is 0.102. The zero-order valence-electron chi connectivity index (χ0n) is 14.5. The number of carbonyl (C=O) groups is 1. The number of halogens is 1. The fourth-order valence-corrected chi connectivity index (χ4v) is 2.79. The van der Waals surface area contributed by atoms with Crippen molar-refractivity contribution in [2.45, 2.75) is 0 Å². The average molecular weight is 375 g/mol. The number of fused-ring (bicyclic) bond motifs is 1. The molecule has 0 aliphatic rings. The number of para-hydroxylation sites is 2. The van der Waals surface area contributed by atoms with Crippen LogP contribution in [-0.4, -0.2) is 16.1 Å². The number of hydrogen-bond donors (Lipinski definition) is 2. The summed E-state index contributed by atoms with van der Waals surface area (Å²) in [5.74, 6) is -0.296. The Bertz CT molecular complexity index is 1240. The Hall–Kier alpha value is -4.00. The zero-order valence-corrected chi connectivity index (χ0v) is 14.5. The number of carbonyl (C=O) groups excluding carboxylic acids is 1. The number of hydrogen-bond acceptors (Lipinski definition) is 4. The minimum atomic E-state index is -0.511. The molecule has 0 saturated heterocycles.